The smallest absolute Gasteiger partial charge is 0.151 e. The molecular formula is C14H19N3O. The van der Waals surface area contributed by atoms with Crippen LogP contribution in [0.25, 0.3) is 0 Å². The molecule has 96 valence electrons. The molecule has 1 heterocycles. The first kappa shape index (κ1) is 14.0. The normalized spacial score (nSPS) is 13.2. The first-order valence-corrected chi connectivity index (χ1v) is 5.74. The number of aliphatic imine (C=N–C) groups is 1. The van der Waals surface area contributed by atoms with Gasteiger partial charge in [-0.3, -0.25) is 4.99 Å². The van der Waals surface area contributed by atoms with Crippen LogP contribution in [0, 0.1) is 6.92 Å². The largest absolute Gasteiger partial charge is 0.495 e. The average Bonchev–Trinajstić information content (AvgIpc) is 2.69. The van der Waals surface area contributed by atoms with E-state index in [4.69, 9.17) is 4.74 Å². The van der Waals surface area contributed by atoms with Gasteiger partial charge in [0.2, 0.25) is 0 Å². The first-order valence-electron chi connectivity index (χ1n) is 5.74. The predicted molar refractivity (Wildman–Crippen MR) is 74.6 cm³/mol. The molecule has 0 aliphatic heterocycles. The second kappa shape index (κ2) is 7.27. The van der Waals surface area contributed by atoms with E-state index in [0.29, 0.717) is 5.76 Å². The van der Waals surface area contributed by atoms with Crippen LogP contribution in [0.4, 0.5) is 0 Å². The molecule has 0 aliphatic rings. The number of methoxy groups -OCH3 is 1. The molecule has 0 aromatic carbocycles. The summed E-state index contributed by atoms with van der Waals surface area (Å²) in [6.45, 7) is 3.96. The Morgan fingerprint density at radius 3 is 2.78 bits per heavy atom. The van der Waals surface area contributed by atoms with E-state index in [0.717, 1.165) is 11.5 Å². The van der Waals surface area contributed by atoms with Crippen molar-refractivity contribution in [2.75, 3.05) is 7.11 Å². The SMILES string of the molecule is C\C=C/C=C\C(=C\N=Cc1ncc(C)n1C)OC. The molecule has 0 N–H and O–H groups in total. The number of hydrogen-bond acceptors (Lipinski definition) is 3. The minimum atomic E-state index is 0.690. The summed E-state index contributed by atoms with van der Waals surface area (Å²) in [5.74, 6) is 1.51. The summed E-state index contributed by atoms with van der Waals surface area (Å²) in [5.41, 5.74) is 1.10. The average molecular weight is 245 g/mol. The van der Waals surface area contributed by atoms with Gasteiger partial charge in [0.1, 0.15) is 5.76 Å². The Morgan fingerprint density at radius 2 is 2.22 bits per heavy atom. The highest BCUT2D eigenvalue weighted by molar-refractivity contribution is 5.75. The van der Waals surface area contributed by atoms with Gasteiger partial charge in [-0.2, -0.15) is 0 Å². The highest BCUT2D eigenvalue weighted by atomic mass is 16.5. The van der Waals surface area contributed by atoms with Crippen LogP contribution in [0.15, 0.2) is 47.5 Å². The van der Waals surface area contributed by atoms with E-state index in [1.807, 2.05) is 56.0 Å². The van der Waals surface area contributed by atoms with Crippen LogP contribution in [0.3, 0.4) is 0 Å². The molecule has 0 radical (unpaired) electrons. The minimum absolute atomic E-state index is 0.690. The second-order valence-corrected chi connectivity index (χ2v) is 3.72. The van der Waals surface area contributed by atoms with Gasteiger partial charge in [0.15, 0.2) is 5.82 Å². The van der Waals surface area contributed by atoms with Gasteiger partial charge in [-0.25, -0.2) is 4.98 Å². The van der Waals surface area contributed by atoms with Gasteiger partial charge in [0, 0.05) is 18.9 Å². The number of aryl methyl sites for hydroxylation is 1. The lowest BCUT2D eigenvalue weighted by Gasteiger charge is -1.97. The molecule has 0 saturated heterocycles. The molecular weight excluding hydrogens is 226 g/mol. The van der Waals surface area contributed by atoms with Crippen molar-refractivity contribution < 1.29 is 4.74 Å². The molecule has 0 amide bonds. The van der Waals surface area contributed by atoms with E-state index in [1.54, 1.807) is 19.5 Å². The van der Waals surface area contributed by atoms with Crippen LogP contribution in [0.1, 0.15) is 18.4 Å². The lowest BCUT2D eigenvalue weighted by atomic mass is 10.4. The molecule has 0 aliphatic carbocycles. The van der Waals surface area contributed by atoms with Crippen LogP contribution in [0.2, 0.25) is 0 Å². The zero-order valence-corrected chi connectivity index (χ0v) is 11.3. The molecule has 0 saturated carbocycles. The minimum Gasteiger partial charge on any atom is -0.495 e. The lowest BCUT2D eigenvalue weighted by Crippen LogP contribution is -1.97. The van der Waals surface area contributed by atoms with Gasteiger partial charge >= 0.3 is 0 Å². The molecule has 4 nitrogen and oxygen atoms in total. The van der Waals surface area contributed by atoms with Crippen LogP contribution in [0.5, 0.6) is 0 Å². The fourth-order valence-electron chi connectivity index (χ4n) is 1.24. The standard InChI is InChI=1S/C14H19N3O/c1-5-6-7-8-13(18-4)10-15-11-14-16-9-12(2)17(14)3/h5-11H,1-4H3/b6-5-,8-7-,13-10-,15-11?. The van der Waals surface area contributed by atoms with E-state index in [-0.39, 0.29) is 0 Å². The van der Waals surface area contributed by atoms with Crippen molar-refractivity contribution >= 4 is 6.21 Å². The summed E-state index contributed by atoms with van der Waals surface area (Å²) in [6.07, 6.45) is 12.8. The number of hydrogen-bond donors (Lipinski definition) is 0. The van der Waals surface area contributed by atoms with Gasteiger partial charge < -0.3 is 9.30 Å². The Bertz CT molecular complexity index is 493. The van der Waals surface area contributed by atoms with Crippen molar-refractivity contribution in [3.8, 4) is 0 Å². The zero-order chi connectivity index (χ0) is 13.4. The molecule has 0 unspecified atom stereocenters. The third-order valence-corrected chi connectivity index (χ3v) is 2.45. The maximum Gasteiger partial charge on any atom is 0.151 e. The van der Waals surface area contributed by atoms with E-state index in [9.17, 15) is 0 Å². The van der Waals surface area contributed by atoms with Crippen molar-refractivity contribution in [2.24, 2.45) is 12.0 Å². The van der Waals surface area contributed by atoms with Crippen LogP contribution in [-0.2, 0) is 11.8 Å². The first-order chi connectivity index (χ1) is 8.69. The molecule has 1 rings (SSSR count). The fraction of sp³-hybridized carbons (Fsp3) is 0.286. The summed E-state index contributed by atoms with van der Waals surface area (Å²) < 4.78 is 7.14. The molecule has 1 aromatic rings. The van der Waals surface area contributed by atoms with Gasteiger partial charge in [-0.15, -0.1) is 0 Å². The third-order valence-electron chi connectivity index (χ3n) is 2.45. The van der Waals surface area contributed by atoms with E-state index in [1.165, 1.54) is 0 Å². The highest BCUT2D eigenvalue weighted by Gasteiger charge is 1.97. The Labute approximate surface area is 108 Å². The maximum absolute atomic E-state index is 5.17. The summed E-state index contributed by atoms with van der Waals surface area (Å²) in [4.78, 5) is 8.42. The fourth-order valence-corrected chi connectivity index (χ4v) is 1.24. The van der Waals surface area contributed by atoms with Crippen molar-refractivity contribution in [1.82, 2.24) is 9.55 Å². The van der Waals surface area contributed by atoms with Crippen LogP contribution >= 0.6 is 0 Å². The van der Waals surface area contributed by atoms with Gasteiger partial charge in [-0.05, 0) is 19.9 Å². The van der Waals surface area contributed by atoms with Crippen molar-refractivity contribution in [2.45, 2.75) is 13.8 Å². The third kappa shape index (κ3) is 4.05. The van der Waals surface area contributed by atoms with Crippen LogP contribution < -0.4 is 0 Å². The molecule has 0 fully saturated rings. The molecule has 4 heteroatoms. The number of ether oxygens (including phenoxy) is 1. The molecule has 0 bridgehead atoms. The topological polar surface area (TPSA) is 39.4 Å². The Kier molecular flexibility index (Phi) is 5.64. The zero-order valence-electron chi connectivity index (χ0n) is 11.3. The van der Waals surface area contributed by atoms with Crippen LogP contribution in [-0.4, -0.2) is 22.9 Å². The number of imidazole rings is 1. The maximum atomic E-state index is 5.17. The number of allylic oxidation sites excluding steroid dienone is 4. The molecule has 0 spiro atoms. The molecule has 1 aromatic heterocycles. The number of aromatic nitrogens is 2. The van der Waals surface area contributed by atoms with Gasteiger partial charge in [0.05, 0.1) is 19.5 Å². The lowest BCUT2D eigenvalue weighted by molar-refractivity contribution is 0.306. The summed E-state index contributed by atoms with van der Waals surface area (Å²) in [6, 6.07) is 0. The van der Waals surface area contributed by atoms with Gasteiger partial charge in [-0.1, -0.05) is 18.2 Å². The summed E-state index contributed by atoms with van der Waals surface area (Å²) in [5, 5.41) is 0. The Balaban J connectivity index is 2.74. The van der Waals surface area contributed by atoms with E-state index in [2.05, 4.69) is 9.98 Å². The number of rotatable bonds is 5. The monoisotopic (exact) mass is 245 g/mol. The van der Waals surface area contributed by atoms with Crippen molar-refractivity contribution in [3.63, 3.8) is 0 Å². The highest BCUT2D eigenvalue weighted by Crippen LogP contribution is 2.01. The second-order valence-electron chi connectivity index (χ2n) is 3.72. The summed E-state index contributed by atoms with van der Waals surface area (Å²) in [7, 11) is 3.57. The Morgan fingerprint density at radius 1 is 1.44 bits per heavy atom. The predicted octanol–water partition coefficient (Wildman–Crippen LogP) is 2.77. The van der Waals surface area contributed by atoms with Crippen molar-refractivity contribution in [3.05, 3.63) is 54.0 Å². The Hall–Kier alpha value is -2.10. The van der Waals surface area contributed by atoms with Gasteiger partial charge in [0.25, 0.3) is 0 Å². The van der Waals surface area contributed by atoms with E-state index < -0.39 is 0 Å². The molecule has 0 atom stereocenters. The summed E-state index contributed by atoms with van der Waals surface area (Å²) >= 11 is 0. The van der Waals surface area contributed by atoms with Crippen molar-refractivity contribution in [1.29, 1.82) is 0 Å². The quantitative estimate of drug-likeness (QED) is 0.454. The molecule has 18 heavy (non-hydrogen) atoms. The number of nitrogens with zero attached hydrogens (tertiary/aromatic N) is 3. The van der Waals surface area contributed by atoms with E-state index >= 15 is 0 Å².